The lowest BCUT2D eigenvalue weighted by molar-refractivity contribution is 1.08. The van der Waals surface area contributed by atoms with Gasteiger partial charge in [-0.1, -0.05) is 34.8 Å². The number of nitrogens with one attached hydrogen (secondary N) is 2. The van der Waals surface area contributed by atoms with Crippen LogP contribution in [0.15, 0.2) is 48.5 Å². The molecule has 0 fully saturated rings. The Morgan fingerprint density at radius 1 is 0.840 bits per heavy atom. The summed E-state index contributed by atoms with van der Waals surface area (Å²) in [6, 6.07) is 15.3. The Kier molecular flexibility index (Phi) is 4.26. The molecule has 0 aliphatic carbocycles. The van der Waals surface area contributed by atoms with Gasteiger partial charge in [0.2, 0.25) is 0 Å². The van der Waals surface area contributed by atoms with Gasteiger partial charge in [0, 0.05) is 39.2 Å². The molecule has 0 radical (unpaired) electrons. The molecule has 0 aliphatic heterocycles. The number of hydrogen-bond acceptors (Lipinski definition) is 2. The van der Waals surface area contributed by atoms with Gasteiger partial charge in [-0.2, -0.15) is 0 Å². The second-order valence-corrected chi connectivity index (χ2v) is 7.08. The first kappa shape index (κ1) is 16.6. The van der Waals surface area contributed by atoms with Crippen LogP contribution in [-0.4, -0.2) is 4.98 Å². The van der Waals surface area contributed by atoms with Gasteiger partial charge in [-0.3, -0.25) is 0 Å². The number of rotatable bonds is 3. The molecule has 0 amide bonds. The van der Waals surface area contributed by atoms with Crippen LogP contribution in [0.1, 0.15) is 5.56 Å². The number of aromatic nitrogens is 1. The van der Waals surface area contributed by atoms with E-state index < -0.39 is 0 Å². The molecular formula is C19H14Cl3N3. The van der Waals surface area contributed by atoms with E-state index in [0.717, 1.165) is 38.7 Å². The van der Waals surface area contributed by atoms with E-state index >= 15 is 0 Å². The third kappa shape index (κ3) is 3.05. The summed E-state index contributed by atoms with van der Waals surface area (Å²) in [6.45, 7) is 0.425. The quantitative estimate of drug-likeness (QED) is 0.375. The first-order valence-electron chi connectivity index (χ1n) is 7.71. The molecule has 25 heavy (non-hydrogen) atoms. The van der Waals surface area contributed by atoms with Gasteiger partial charge in [0.25, 0.3) is 0 Å². The Bertz CT molecular complexity index is 1100. The van der Waals surface area contributed by atoms with Crippen molar-refractivity contribution in [1.29, 1.82) is 0 Å². The minimum atomic E-state index is 0.425. The average molecular weight is 391 g/mol. The van der Waals surface area contributed by atoms with Crippen LogP contribution in [0.4, 0.5) is 11.4 Å². The molecule has 0 saturated heterocycles. The van der Waals surface area contributed by atoms with Crippen molar-refractivity contribution in [3.63, 3.8) is 0 Å². The highest BCUT2D eigenvalue weighted by atomic mass is 35.5. The highest BCUT2D eigenvalue weighted by Crippen LogP contribution is 2.34. The first-order valence-corrected chi connectivity index (χ1v) is 8.84. The molecule has 4 rings (SSSR count). The molecule has 0 atom stereocenters. The molecule has 1 aromatic heterocycles. The van der Waals surface area contributed by atoms with Crippen LogP contribution in [0.5, 0.6) is 0 Å². The minimum Gasteiger partial charge on any atom is -0.355 e. The Labute approximate surface area is 159 Å². The highest BCUT2D eigenvalue weighted by molar-refractivity contribution is 6.42. The van der Waals surface area contributed by atoms with Crippen LogP contribution >= 0.6 is 34.8 Å². The number of hydrogen-bond donors (Lipinski definition) is 3. The van der Waals surface area contributed by atoms with Crippen molar-refractivity contribution in [2.24, 2.45) is 5.73 Å². The molecule has 1 heterocycles. The lowest BCUT2D eigenvalue weighted by atomic mass is 10.1. The molecule has 6 heteroatoms. The summed E-state index contributed by atoms with van der Waals surface area (Å²) in [5.74, 6) is 0. The highest BCUT2D eigenvalue weighted by Gasteiger charge is 2.11. The number of fused-ring (bicyclic) bond motifs is 3. The number of anilines is 2. The Hall–Kier alpha value is -1.91. The van der Waals surface area contributed by atoms with Crippen molar-refractivity contribution >= 4 is 68.0 Å². The zero-order valence-corrected chi connectivity index (χ0v) is 15.3. The van der Waals surface area contributed by atoms with Crippen LogP contribution in [0.3, 0.4) is 0 Å². The van der Waals surface area contributed by atoms with E-state index in [1.807, 2.05) is 30.3 Å². The molecule has 4 N–H and O–H groups in total. The van der Waals surface area contributed by atoms with E-state index in [-0.39, 0.29) is 0 Å². The first-order chi connectivity index (χ1) is 12.0. The maximum Gasteiger partial charge on any atom is 0.0612 e. The van der Waals surface area contributed by atoms with E-state index in [1.54, 1.807) is 12.1 Å². The predicted octanol–water partition coefficient (Wildman–Crippen LogP) is 6.48. The topological polar surface area (TPSA) is 53.8 Å². The third-order valence-electron chi connectivity index (χ3n) is 4.18. The van der Waals surface area contributed by atoms with E-state index in [1.165, 1.54) is 0 Å². The molecular weight excluding hydrogens is 377 g/mol. The summed E-state index contributed by atoms with van der Waals surface area (Å²) >= 11 is 18.3. The van der Waals surface area contributed by atoms with E-state index in [9.17, 15) is 0 Å². The van der Waals surface area contributed by atoms with Crippen molar-refractivity contribution in [2.75, 3.05) is 5.32 Å². The van der Waals surface area contributed by atoms with Gasteiger partial charge in [-0.25, -0.2) is 0 Å². The van der Waals surface area contributed by atoms with E-state index in [0.29, 0.717) is 21.6 Å². The predicted molar refractivity (Wildman–Crippen MR) is 108 cm³/mol. The largest absolute Gasteiger partial charge is 0.355 e. The number of benzene rings is 3. The molecule has 0 unspecified atom stereocenters. The molecule has 0 bridgehead atoms. The summed E-state index contributed by atoms with van der Waals surface area (Å²) in [7, 11) is 0. The third-order valence-corrected chi connectivity index (χ3v) is 5.15. The monoisotopic (exact) mass is 389 g/mol. The molecule has 0 saturated carbocycles. The zero-order chi connectivity index (χ0) is 17.6. The summed E-state index contributed by atoms with van der Waals surface area (Å²) in [4.78, 5) is 3.43. The zero-order valence-electron chi connectivity index (χ0n) is 13.0. The Morgan fingerprint density at radius 3 is 2.44 bits per heavy atom. The lowest BCUT2D eigenvalue weighted by Crippen LogP contribution is -1.99. The molecule has 3 aromatic carbocycles. The van der Waals surface area contributed by atoms with Crippen LogP contribution in [0.25, 0.3) is 21.8 Å². The fourth-order valence-corrected chi connectivity index (χ4v) is 3.49. The van der Waals surface area contributed by atoms with Crippen LogP contribution in [0, 0.1) is 0 Å². The van der Waals surface area contributed by atoms with Crippen LogP contribution < -0.4 is 11.1 Å². The average Bonchev–Trinajstić information content (AvgIpc) is 2.95. The molecule has 126 valence electrons. The van der Waals surface area contributed by atoms with E-state index in [2.05, 4.69) is 16.4 Å². The number of nitrogens with two attached hydrogens (primary N) is 1. The number of aromatic amines is 1. The van der Waals surface area contributed by atoms with Crippen LogP contribution in [0.2, 0.25) is 15.1 Å². The second kappa shape index (κ2) is 6.43. The van der Waals surface area contributed by atoms with Gasteiger partial charge in [0.15, 0.2) is 0 Å². The second-order valence-electron chi connectivity index (χ2n) is 5.83. The van der Waals surface area contributed by atoms with Gasteiger partial charge < -0.3 is 16.0 Å². The van der Waals surface area contributed by atoms with Crippen molar-refractivity contribution < 1.29 is 0 Å². The fourth-order valence-electron chi connectivity index (χ4n) is 3.02. The summed E-state index contributed by atoms with van der Waals surface area (Å²) < 4.78 is 0. The van der Waals surface area contributed by atoms with Gasteiger partial charge in [-0.15, -0.1) is 0 Å². The maximum absolute atomic E-state index is 6.17. The van der Waals surface area contributed by atoms with Gasteiger partial charge in [-0.05, 0) is 54.1 Å². The van der Waals surface area contributed by atoms with Gasteiger partial charge in [0.05, 0.1) is 15.6 Å². The summed E-state index contributed by atoms with van der Waals surface area (Å²) in [6.07, 6.45) is 0. The smallest absolute Gasteiger partial charge is 0.0612 e. The normalized spacial score (nSPS) is 11.4. The van der Waals surface area contributed by atoms with Crippen molar-refractivity contribution in [3.8, 4) is 0 Å². The molecule has 4 aromatic rings. The van der Waals surface area contributed by atoms with Crippen molar-refractivity contribution in [1.82, 2.24) is 4.98 Å². The van der Waals surface area contributed by atoms with Crippen molar-refractivity contribution in [3.05, 3.63) is 69.2 Å². The van der Waals surface area contributed by atoms with Gasteiger partial charge >= 0.3 is 0 Å². The Balaban J connectivity index is 1.87. The molecule has 0 aliphatic rings. The minimum absolute atomic E-state index is 0.425. The maximum atomic E-state index is 6.17. The summed E-state index contributed by atoms with van der Waals surface area (Å²) in [5, 5.41) is 7.23. The lowest BCUT2D eigenvalue weighted by Gasteiger charge is -2.10. The summed E-state index contributed by atoms with van der Waals surface area (Å²) in [5.41, 5.74) is 10.8. The SMILES string of the molecule is NCc1cc(Nc2ccc(Cl)c(Cl)c2)cc2c1[nH]c1ccc(Cl)cc12. The fraction of sp³-hybridized carbons (Fsp3) is 0.0526. The number of halogens is 3. The molecule has 3 nitrogen and oxygen atoms in total. The van der Waals surface area contributed by atoms with E-state index in [4.69, 9.17) is 40.5 Å². The Morgan fingerprint density at radius 2 is 1.68 bits per heavy atom. The standard InChI is InChI=1S/C19H14Cl3N3/c20-11-1-4-18-14(6-11)15-7-13(5-10(9-23)19(15)25-18)24-12-2-3-16(21)17(22)8-12/h1-8,24-25H,9,23H2. The van der Waals surface area contributed by atoms with Crippen molar-refractivity contribution in [2.45, 2.75) is 6.54 Å². The number of H-pyrrole nitrogens is 1. The van der Waals surface area contributed by atoms with Crippen LogP contribution in [-0.2, 0) is 6.54 Å². The van der Waals surface area contributed by atoms with Gasteiger partial charge in [0.1, 0.15) is 0 Å². The molecule has 0 spiro atoms.